The highest BCUT2D eigenvalue weighted by molar-refractivity contribution is 6.70. The quantitative estimate of drug-likeness (QED) is 0.667. The molecular weight excluding hydrogens is 214 g/mol. The lowest BCUT2D eigenvalue weighted by Gasteiger charge is -2.11. The van der Waals surface area contributed by atoms with Gasteiger partial charge in [0.05, 0.1) is 23.0 Å². The van der Waals surface area contributed by atoms with E-state index < -0.39 is 0 Å². The minimum Gasteiger partial charge on any atom is -0.382 e. The van der Waals surface area contributed by atoms with Crippen LogP contribution in [0, 0.1) is 22.1 Å². The monoisotopic (exact) mass is 223 g/mol. The van der Waals surface area contributed by atoms with Crippen molar-refractivity contribution in [2.45, 2.75) is 0 Å². The summed E-state index contributed by atoms with van der Waals surface area (Å²) in [6, 6.07) is 8.92. The van der Waals surface area contributed by atoms with Crippen molar-refractivity contribution in [1.82, 2.24) is 0 Å². The summed E-state index contributed by atoms with van der Waals surface area (Å²) in [5.74, 6) is 0.0230. The van der Waals surface area contributed by atoms with E-state index in [2.05, 4.69) is 4.99 Å². The summed E-state index contributed by atoms with van der Waals surface area (Å²) in [5, 5.41) is 23.8. The maximum Gasteiger partial charge on any atom is 0.151 e. The summed E-state index contributed by atoms with van der Waals surface area (Å²) in [6.45, 7) is 0. The van der Waals surface area contributed by atoms with Crippen LogP contribution in [-0.4, -0.2) is 17.3 Å². The Morgan fingerprint density at radius 2 is 2.06 bits per heavy atom. The van der Waals surface area contributed by atoms with Crippen molar-refractivity contribution < 1.29 is 0 Å². The Kier molecular flexibility index (Phi) is 2.55. The lowest BCUT2D eigenvalue weighted by atomic mass is 10.0. The zero-order valence-electron chi connectivity index (χ0n) is 8.86. The Morgan fingerprint density at radius 3 is 2.71 bits per heavy atom. The average molecular weight is 223 g/mol. The van der Waals surface area contributed by atoms with E-state index in [1.54, 1.807) is 24.3 Å². The van der Waals surface area contributed by atoms with Gasteiger partial charge in [-0.3, -0.25) is 10.8 Å². The van der Waals surface area contributed by atoms with E-state index in [1.165, 1.54) is 6.08 Å². The van der Waals surface area contributed by atoms with Crippen LogP contribution in [0.3, 0.4) is 0 Å². The first-order valence-electron chi connectivity index (χ1n) is 4.86. The van der Waals surface area contributed by atoms with Gasteiger partial charge >= 0.3 is 0 Å². The van der Waals surface area contributed by atoms with Crippen molar-refractivity contribution in [1.29, 1.82) is 16.1 Å². The zero-order chi connectivity index (χ0) is 12.4. The van der Waals surface area contributed by atoms with Gasteiger partial charge in [0.15, 0.2) is 5.84 Å². The van der Waals surface area contributed by atoms with Gasteiger partial charge in [-0.1, -0.05) is 12.1 Å². The van der Waals surface area contributed by atoms with Gasteiger partial charge in [0, 0.05) is 5.56 Å². The van der Waals surface area contributed by atoms with Crippen LogP contribution in [0.4, 0.5) is 0 Å². The topological polar surface area (TPSA) is 110 Å². The van der Waals surface area contributed by atoms with E-state index in [4.69, 9.17) is 21.8 Å². The maximum absolute atomic E-state index is 8.80. The summed E-state index contributed by atoms with van der Waals surface area (Å²) in [6.07, 6.45) is 1.47. The first-order chi connectivity index (χ1) is 8.11. The number of amidine groups is 1. The molecule has 17 heavy (non-hydrogen) atoms. The lowest BCUT2D eigenvalue weighted by Crippen LogP contribution is -2.31. The first kappa shape index (κ1) is 10.8. The predicted molar refractivity (Wildman–Crippen MR) is 66.2 cm³/mol. The van der Waals surface area contributed by atoms with E-state index >= 15 is 0 Å². The Balaban J connectivity index is 2.49. The van der Waals surface area contributed by atoms with Crippen LogP contribution >= 0.6 is 0 Å². The predicted octanol–water partition coefficient (Wildman–Crippen LogP) is 1.31. The molecule has 1 aliphatic heterocycles. The lowest BCUT2D eigenvalue weighted by molar-refractivity contribution is 1.42. The number of nitrogens with one attached hydrogen (secondary N) is 2. The van der Waals surface area contributed by atoms with Gasteiger partial charge in [-0.15, -0.1) is 0 Å². The van der Waals surface area contributed by atoms with Crippen LogP contribution in [0.25, 0.3) is 5.70 Å². The fourth-order valence-electron chi connectivity index (χ4n) is 1.46. The van der Waals surface area contributed by atoms with Gasteiger partial charge in [0.2, 0.25) is 0 Å². The molecule has 0 saturated carbocycles. The average Bonchev–Trinajstić information content (AvgIpc) is 2.35. The second-order valence-electron chi connectivity index (χ2n) is 3.51. The van der Waals surface area contributed by atoms with E-state index in [-0.39, 0.29) is 17.3 Å². The molecule has 5 heteroatoms. The number of nitrogens with two attached hydrogens (primary N) is 1. The zero-order valence-corrected chi connectivity index (χ0v) is 8.86. The third-order valence-electron chi connectivity index (χ3n) is 2.33. The molecule has 1 heterocycles. The fourth-order valence-corrected chi connectivity index (χ4v) is 1.46. The molecule has 2 rings (SSSR count). The Labute approximate surface area is 97.9 Å². The third kappa shape index (κ3) is 1.96. The molecule has 0 radical (unpaired) electrons. The molecule has 0 spiro atoms. The van der Waals surface area contributed by atoms with Crippen molar-refractivity contribution in [3.8, 4) is 6.07 Å². The molecule has 0 saturated heterocycles. The SMILES string of the molecule is N#Cc1cccc(C2=CC(=N)C(=N)C(N)=N2)c1. The van der Waals surface area contributed by atoms with Crippen molar-refractivity contribution in [2.24, 2.45) is 10.7 Å². The number of allylic oxidation sites excluding steroid dienone is 1. The van der Waals surface area contributed by atoms with Crippen molar-refractivity contribution >= 4 is 23.0 Å². The molecule has 1 aromatic rings. The van der Waals surface area contributed by atoms with Crippen molar-refractivity contribution in [3.05, 3.63) is 41.5 Å². The van der Waals surface area contributed by atoms with Crippen LogP contribution in [-0.2, 0) is 0 Å². The van der Waals surface area contributed by atoms with E-state index in [1.807, 2.05) is 6.07 Å². The second-order valence-corrected chi connectivity index (χ2v) is 3.51. The highest BCUT2D eigenvalue weighted by Crippen LogP contribution is 2.19. The number of nitriles is 1. The summed E-state index contributed by atoms with van der Waals surface area (Å²) >= 11 is 0. The molecular formula is C12H9N5. The molecule has 0 atom stereocenters. The highest BCUT2D eigenvalue weighted by atomic mass is 14.9. The molecule has 5 nitrogen and oxygen atoms in total. The number of nitrogens with zero attached hydrogens (tertiary/aromatic N) is 2. The van der Waals surface area contributed by atoms with Crippen LogP contribution in [0.5, 0.6) is 0 Å². The third-order valence-corrected chi connectivity index (χ3v) is 2.33. The van der Waals surface area contributed by atoms with Gasteiger partial charge < -0.3 is 5.73 Å². The van der Waals surface area contributed by atoms with E-state index in [0.717, 1.165) is 0 Å². The normalized spacial score (nSPS) is 15.0. The smallest absolute Gasteiger partial charge is 0.151 e. The molecule has 1 aliphatic rings. The minimum atomic E-state index is -0.0785. The Morgan fingerprint density at radius 1 is 1.29 bits per heavy atom. The maximum atomic E-state index is 8.80. The van der Waals surface area contributed by atoms with Crippen LogP contribution < -0.4 is 5.73 Å². The molecule has 0 aliphatic carbocycles. The van der Waals surface area contributed by atoms with Gasteiger partial charge in [-0.25, -0.2) is 4.99 Å². The molecule has 0 unspecified atom stereocenters. The van der Waals surface area contributed by atoms with Gasteiger partial charge in [0.1, 0.15) is 5.71 Å². The van der Waals surface area contributed by atoms with Gasteiger partial charge in [-0.05, 0) is 18.2 Å². The summed E-state index contributed by atoms with van der Waals surface area (Å²) < 4.78 is 0. The first-order valence-corrected chi connectivity index (χ1v) is 4.86. The summed E-state index contributed by atoms with van der Waals surface area (Å²) in [7, 11) is 0. The second kappa shape index (κ2) is 4.02. The number of benzene rings is 1. The molecule has 4 N–H and O–H groups in total. The van der Waals surface area contributed by atoms with Crippen molar-refractivity contribution in [3.63, 3.8) is 0 Å². The Bertz CT molecular complexity index is 616. The van der Waals surface area contributed by atoms with E-state index in [0.29, 0.717) is 16.8 Å². The standard InChI is InChI=1S/C12H9N5/c13-6-7-2-1-3-8(4-7)10-5-9(14)11(15)12(16)17-10/h1-5,14-15H,(H2,16,17). The van der Waals surface area contributed by atoms with Crippen LogP contribution in [0.1, 0.15) is 11.1 Å². The van der Waals surface area contributed by atoms with E-state index in [9.17, 15) is 0 Å². The summed E-state index contributed by atoms with van der Waals surface area (Å²) in [5.41, 5.74) is 7.22. The Hall–Kier alpha value is -2.74. The van der Waals surface area contributed by atoms with Gasteiger partial charge in [0.25, 0.3) is 0 Å². The molecule has 0 bridgehead atoms. The number of hydrogen-bond donors (Lipinski definition) is 3. The number of aliphatic imine (C=N–C) groups is 1. The van der Waals surface area contributed by atoms with Gasteiger partial charge in [-0.2, -0.15) is 5.26 Å². The number of rotatable bonds is 1. The molecule has 0 aromatic heterocycles. The largest absolute Gasteiger partial charge is 0.382 e. The molecule has 0 amide bonds. The molecule has 1 aromatic carbocycles. The number of hydrogen-bond acceptors (Lipinski definition) is 5. The molecule has 0 fully saturated rings. The summed E-state index contributed by atoms with van der Waals surface area (Å²) in [4.78, 5) is 4.04. The van der Waals surface area contributed by atoms with Crippen LogP contribution in [0.15, 0.2) is 35.3 Å². The van der Waals surface area contributed by atoms with Crippen LogP contribution in [0.2, 0.25) is 0 Å². The fraction of sp³-hybridized carbons (Fsp3) is 0. The molecule has 82 valence electrons. The van der Waals surface area contributed by atoms with Crippen molar-refractivity contribution in [2.75, 3.05) is 0 Å². The highest BCUT2D eigenvalue weighted by Gasteiger charge is 2.16. The minimum absolute atomic E-state index is 0.0230.